The summed E-state index contributed by atoms with van der Waals surface area (Å²) in [5.74, 6) is 0.547. The molecule has 0 radical (unpaired) electrons. The van der Waals surface area contributed by atoms with Gasteiger partial charge in [-0.1, -0.05) is 48.0 Å². The van der Waals surface area contributed by atoms with Crippen molar-refractivity contribution in [3.05, 3.63) is 89.5 Å². The third-order valence-corrected chi connectivity index (χ3v) is 4.10. The zero-order valence-corrected chi connectivity index (χ0v) is 15.0. The van der Waals surface area contributed by atoms with Crippen LogP contribution in [0, 0.1) is 6.92 Å². The molecule has 0 fully saturated rings. The van der Waals surface area contributed by atoms with Crippen LogP contribution < -0.4 is 15.4 Å². The normalized spacial score (nSPS) is 10.2. The van der Waals surface area contributed by atoms with Crippen molar-refractivity contribution in [2.24, 2.45) is 0 Å². The molecule has 0 saturated heterocycles. The fourth-order valence-electron chi connectivity index (χ4n) is 2.62. The van der Waals surface area contributed by atoms with Crippen LogP contribution in [0.3, 0.4) is 0 Å². The number of methoxy groups -OCH3 is 1. The van der Waals surface area contributed by atoms with Gasteiger partial charge in [-0.05, 0) is 42.8 Å². The number of ether oxygens (including phenoxy) is 1. The number of nitrogens with one attached hydrogen (secondary N) is 2. The highest BCUT2D eigenvalue weighted by atomic mass is 16.5. The molecule has 0 bridgehead atoms. The molecular weight excluding hydrogens is 324 g/mol. The number of benzene rings is 3. The molecule has 0 spiro atoms. The van der Waals surface area contributed by atoms with Crippen LogP contribution in [0.1, 0.15) is 21.5 Å². The van der Waals surface area contributed by atoms with E-state index in [1.807, 2.05) is 36.4 Å². The summed E-state index contributed by atoms with van der Waals surface area (Å²) in [6, 6.07) is 23.1. The maximum absolute atomic E-state index is 12.5. The lowest BCUT2D eigenvalue weighted by molar-refractivity contribution is 0.102. The van der Waals surface area contributed by atoms with Gasteiger partial charge in [-0.15, -0.1) is 0 Å². The van der Waals surface area contributed by atoms with E-state index in [2.05, 4.69) is 41.8 Å². The number of hydrogen-bond donors (Lipinski definition) is 2. The van der Waals surface area contributed by atoms with Gasteiger partial charge in [0.2, 0.25) is 0 Å². The Bertz CT molecular complexity index is 874. The first-order valence-corrected chi connectivity index (χ1v) is 8.49. The fraction of sp³-hybridized carbons (Fsp3) is 0.136. The molecule has 0 aliphatic carbocycles. The van der Waals surface area contributed by atoms with Crippen LogP contribution in [0.5, 0.6) is 5.75 Å². The highest BCUT2D eigenvalue weighted by Crippen LogP contribution is 2.26. The molecule has 1 amide bonds. The van der Waals surface area contributed by atoms with Gasteiger partial charge in [0.15, 0.2) is 0 Å². The number of para-hydroxylation sites is 1. The topological polar surface area (TPSA) is 50.4 Å². The largest absolute Gasteiger partial charge is 0.495 e. The van der Waals surface area contributed by atoms with Crippen molar-refractivity contribution in [1.29, 1.82) is 0 Å². The van der Waals surface area contributed by atoms with Gasteiger partial charge in [0, 0.05) is 17.8 Å². The Morgan fingerprint density at radius 3 is 2.38 bits per heavy atom. The second-order valence-electron chi connectivity index (χ2n) is 6.07. The highest BCUT2D eigenvalue weighted by molar-refractivity contribution is 6.05. The zero-order chi connectivity index (χ0) is 18.4. The number of aryl methyl sites for hydroxylation is 1. The molecule has 0 aliphatic rings. The lowest BCUT2D eigenvalue weighted by Crippen LogP contribution is -2.12. The van der Waals surface area contributed by atoms with Crippen molar-refractivity contribution in [3.63, 3.8) is 0 Å². The number of rotatable bonds is 6. The minimum absolute atomic E-state index is 0.155. The Hall–Kier alpha value is -3.27. The van der Waals surface area contributed by atoms with Crippen molar-refractivity contribution in [3.8, 4) is 5.75 Å². The molecule has 0 aliphatic heterocycles. The summed E-state index contributed by atoms with van der Waals surface area (Å²) in [7, 11) is 1.62. The first-order chi connectivity index (χ1) is 12.7. The lowest BCUT2D eigenvalue weighted by Gasteiger charge is -2.13. The lowest BCUT2D eigenvalue weighted by atomic mass is 10.1. The van der Waals surface area contributed by atoms with E-state index in [1.54, 1.807) is 19.2 Å². The molecule has 4 nitrogen and oxygen atoms in total. The number of amides is 1. The summed E-state index contributed by atoms with van der Waals surface area (Å²) in [6.07, 6.45) is 0. The molecule has 26 heavy (non-hydrogen) atoms. The molecule has 132 valence electrons. The van der Waals surface area contributed by atoms with Crippen molar-refractivity contribution in [2.75, 3.05) is 17.7 Å². The van der Waals surface area contributed by atoms with Crippen LogP contribution in [-0.4, -0.2) is 13.0 Å². The van der Waals surface area contributed by atoms with E-state index in [1.165, 1.54) is 5.56 Å². The first-order valence-electron chi connectivity index (χ1n) is 8.49. The standard InChI is InChI=1S/C22H22N2O2/c1-16-8-10-17(11-9-16)15-23-20-14-18(12-13-21(20)26-2)22(25)24-19-6-4-3-5-7-19/h3-14,23H,15H2,1-2H3,(H,24,25). The van der Waals surface area contributed by atoms with Crippen LogP contribution in [-0.2, 0) is 6.54 Å². The Kier molecular flexibility index (Phi) is 5.54. The predicted molar refractivity (Wildman–Crippen MR) is 106 cm³/mol. The van der Waals surface area contributed by atoms with E-state index >= 15 is 0 Å². The van der Waals surface area contributed by atoms with Crippen molar-refractivity contribution in [2.45, 2.75) is 13.5 Å². The van der Waals surface area contributed by atoms with E-state index in [4.69, 9.17) is 4.74 Å². The average Bonchev–Trinajstić information content (AvgIpc) is 2.68. The molecule has 0 atom stereocenters. The van der Waals surface area contributed by atoms with Crippen molar-refractivity contribution < 1.29 is 9.53 Å². The molecule has 3 aromatic rings. The molecule has 3 aromatic carbocycles. The molecule has 3 rings (SSSR count). The van der Waals surface area contributed by atoms with E-state index in [-0.39, 0.29) is 5.91 Å². The Balaban J connectivity index is 1.75. The summed E-state index contributed by atoms with van der Waals surface area (Å²) in [4.78, 5) is 12.5. The van der Waals surface area contributed by atoms with Gasteiger partial charge in [0.05, 0.1) is 12.8 Å². The maximum atomic E-state index is 12.5. The van der Waals surface area contributed by atoms with E-state index in [0.717, 1.165) is 16.9 Å². The highest BCUT2D eigenvalue weighted by Gasteiger charge is 2.10. The van der Waals surface area contributed by atoms with Crippen molar-refractivity contribution >= 4 is 17.3 Å². The van der Waals surface area contributed by atoms with E-state index in [0.29, 0.717) is 17.9 Å². The maximum Gasteiger partial charge on any atom is 0.255 e. The molecule has 0 saturated carbocycles. The molecule has 0 unspecified atom stereocenters. The second-order valence-corrected chi connectivity index (χ2v) is 6.07. The molecule has 4 heteroatoms. The van der Waals surface area contributed by atoms with Crippen LogP contribution in [0.25, 0.3) is 0 Å². The minimum Gasteiger partial charge on any atom is -0.495 e. The summed E-state index contributed by atoms with van der Waals surface area (Å²) in [5.41, 5.74) is 4.51. The summed E-state index contributed by atoms with van der Waals surface area (Å²) < 4.78 is 5.41. The summed E-state index contributed by atoms with van der Waals surface area (Å²) in [5, 5.41) is 6.25. The van der Waals surface area contributed by atoms with Crippen LogP contribution in [0.2, 0.25) is 0 Å². The Labute approximate surface area is 153 Å². The number of carbonyl (C=O) groups excluding carboxylic acids is 1. The zero-order valence-electron chi connectivity index (χ0n) is 15.0. The third-order valence-electron chi connectivity index (χ3n) is 4.10. The first kappa shape index (κ1) is 17.5. The smallest absolute Gasteiger partial charge is 0.255 e. The van der Waals surface area contributed by atoms with Gasteiger partial charge < -0.3 is 15.4 Å². The predicted octanol–water partition coefficient (Wildman–Crippen LogP) is 4.87. The molecule has 0 aromatic heterocycles. The van der Waals surface area contributed by atoms with Gasteiger partial charge in [0.1, 0.15) is 5.75 Å². The van der Waals surface area contributed by atoms with Gasteiger partial charge in [-0.3, -0.25) is 4.79 Å². The third kappa shape index (κ3) is 4.42. The second kappa shape index (κ2) is 8.21. The summed E-state index contributed by atoms with van der Waals surface area (Å²) in [6.45, 7) is 2.72. The van der Waals surface area contributed by atoms with Gasteiger partial charge in [0.25, 0.3) is 5.91 Å². The van der Waals surface area contributed by atoms with Gasteiger partial charge in [-0.25, -0.2) is 0 Å². The number of anilines is 2. The van der Waals surface area contributed by atoms with Gasteiger partial charge >= 0.3 is 0 Å². The minimum atomic E-state index is -0.155. The fourth-order valence-corrected chi connectivity index (χ4v) is 2.62. The van der Waals surface area contributed by atoms with Crippen molar-refractivity contribution in [1.82, 2.24) is 0 Å². The number of carbonyl (C=O) groups is 1. The summed E-state index contributed by atoms with van der Waals surface area (Å²) >= 11 is 0. The molecular formula is C22H22N2O2. The monoisotopic (exact) mass is 346 g/mol. The quantitative estimate of drug-likeness (QED) is 0.669. The molecule has 0 heterocycles. The van der Waals surface area contributed by atoms with E-state index in [9.17, 15) is 4.79 Å². The number of hydrogen-bond acceptors (Lipinski definition) is 3. The Morgan fingerprint density at radius 2 is 1.69 bits per heavy atom. The van der Waals surface area contributed by atoms with E-state index < -0.39 is 0 Å². The SMILES string of the molecule is COc1ccc(C(=O)Nc2ccccc2)cc1NCc1ccc(C)cc1. The van der Waals surface area contributed by atoms with Crippen LogP contribution >= 0.6 is 0 Å². The Morgan fingerprint density at radius 1 is 0.962 bits per heavy atom. The van der Waals surface area contributed by atoms with Crippen LogP contribution in [0.15, 0.2) is 72.8 Å². The average molecular weight is 346 g/mol. The van der Waals surface area contributed by atoms with Crippen LogP contribution in [0.4, 0.5) is 11.4 Å². The van der Waals surface area contributed by atoms with Gasteiger partial charge in [-0.2, -0.15) is 0 Å². The molecule has 2 N–H and O–H groups in total.